The molecule has 0 aliphatic rings. The van der Waals surface area contributed by atoms with Crippen molar-refractivity contribution in [3.8, 4) is 11.3 Å². The van der Waals surface area contributed by atoms with E-state index in [1.54, 1.807) is 36.4 Å². The first kappa shape index (κ1) is 21.4. The molecule has 2 aromatic carbocycles. The predicted octanol–water partition coefficient (Wildman–Crippen LogP) is 5.10. The van der Waals surface area contributed by atoms with E-state index < -0.39 is 11.8 Å². The molecule has 0 atom stereocenters. The fraction of sp³-hybridized carbons (Fsp3) is 0. The van der Waals surface area contributed by atoms with Gasteiger partial charge in [-0.1, -0.05) is 47.5 Å². The normalized spacial score (nSPS) is 10.9. The number of aromatic amines is 1. The molecule has 0 saturated carbocycles. The van der Waals surface area contributed by atoms with Crippen molar-refractivity contribution in [1.82, 2.24) is 20.2 Å². The molecule has 0 spiro atoms. The standard InChI is InChI=1S/C23H15Cl2N5O2/c24-18-5-3-4-16(12-18)21-17(13-27-29-21)14-28-30(22(31)15-8-10-26-11-9-15)23(32)19-6-1-2-7-20(19)25/h1-14H,(H,27,29)/b28-14+. The number of amides is 2. The van der Waals surface area contributed by atoms with Crippen LogP contribution in [0.1, 0.15) is 26.3 Å². The van der Waals surface area contributed by atoms with Gasteiger partial charge in [-0.05, 0) is 36.4 Å². The highest BCUT2D eigenvalue weighted by atomic mass is 35.5. The molecule has 0 aliphatic carbocycles. The number of aromatic nitrogens is 3. The molecule has 0 bridgehead atoms. The number of H-pyrrole nitrogens is 1. The molecule has 0 fully saturated rings. The quantitative estimate of drug-likeness (QED) is 0.253. The molecule has 0 aliphatic heterocycles. The van der Waals surface area contributed by atoms with Gasteiger partial charge in [-0.3, -0.25) is 19.7 Å². The summed E-state index contributed by atoms with van der Waals surface area (Å²) in [4.78, 5) is 30.2. The van der Waals surface area contributed by atoms with Gasteiger partial charge in [0.1, 0.15) is 0 Å². The first-order valence-corrected chi connectivity index (χ1v) is 10.2. The fourth-order valence-electron chi connectivity index (χ4n) is 2.95. The van der Waals surface area contributed by atoms with E-state index in [2.05, 4.69) is 20.3 Å². The number of benzene rings is 2. The van der Waals surface area contributed by atoms with Crippen LogP contribution < -0.4 is 0 Å². The van der Waals surface area contributed by atoms with Gasteiger partial charge < -0.3 is 0 Å². The zero-order valence-corrected chi connectivity index (χ0v) is 18.0. The molecule has 2 amide bonds. The van der Waals surface area contributed by atoms with Crippen molar-refractivity contribution in [2.45, 2.75) is 0 Å². The van der Waals surface area contributed by atoms with Crippen LogP contribution in [0.3, 0.4) is 0 Å². The topological polar surface area (TPSA) is 91.3 Å². The summed E-state index contributed by atoms with van der Waals surface area (Å²) in [5.41, 5.74) is 2.38. The fourth-order valence-corrected chi connectivity index (χ4v) is 3.36. The number of halogens is 2. The molecule has 9 heteroatoms. The van der Waals surface area contributed by atoms with Gasteiger partial charge in [0.15, 0.2) is 0 Å². The summed E-state index contributed by atoms with van der Waals surface area (Å²) in [6, 6.07) is 16.6. The van der Waals surface area contributed by atoms with Gasteiger partial charge in [-0.2, -0.15) is 15.2 Å². The molecule has 4 rings (SSSR count). The van der Waals surface area contributed by atoms with Gasteiger partial charge >= 0.3 is 0 Å². The summed E-state index contributed by atoms with van der Waals surface area (Å²) < 4.78 is 0. The first-order valence-electron chi connectivity index (χ1n) is 9.41. The molecule has 7 nitrogen and oxygen atoms in total. The van der Waals surface area contributed by atoms with E-state index in [1.807, 2.05) is 6.07 Å². The van der Waals surface area contributed by atoms with Crippen LogP contribution in [-0.4, -0.2) is 38.2 Å². The van der Waals surface area contributed by atoms with Crippen molar-refractivity contribution < 1.29 is 9.59 Å². The number of carbonyl (C=O) groups excluding carboxylic acids is 2. The molecule has 2 aromatic heterocycles. The summed E-state index contributed by atoms with van der Waals surface area (Å²) in [6.07, 6.45) is 5.84. The van der Waals surface area contributed by atoms with Crippen LogP contribution in [0.15, 0.2) is 84.4 Å². The van der Waals surface area contributed by atoms with E-state index in [9.17, 15) is 9.59 Å². The smallest absolute Gasteiger partial charge is 0.277 e. The number of imide groups is 1. The number of hydrogen-bond acceptors (Lipinski definition) is 5. The Morgan fingerprint density at radius 1 is 0.969 bits per heavy atom. The van der Waals surface area contributed by atoms with Gasteiger partial charge in [-0.25, -0.2) is 0 Å². The van der Waals surface area contributed by atoms with Crippen molar-refractivity contribution in [2.24, 2.45) is 5.10 Å². The van der Waals surface area contributed by atoms with E-state index in [-0.39, 0.29) is 16.1 Å². The summed E-state index contributed by atoms with van der Waals surface area (Å²) >= 11 is 12.3. The van der Waals surface area contributed by atoms with Crippen LogP contribution in [0.2, 0.25) is 10.0 Å². The summed E-state index contributed by atoms with van der Waals surface area (Å²) in [5.74, 6) is -1.29. The van der Waals surface area contributed by atoms with E-state index in [0.717, 1.165) is 10.6 Å². The van der Waals surface area contributed by atoms with Crippen LogP contribution in [0.5, 0.6) is 0 Å². The molecule has 0 radical (unpaired) electrons. The monoisotopic (exact) mass is 463 g/mol. The Morgan fingerprint density at radius 3 is 2.50 bits per heavy atom. The van der Waals surface area contributed by atoms with E-state index in [1.165, 1.54) is 43.0 Å². The lowest BCUT2D eigenvalue weighted by Gasteiger charge is -2.16. The Labute approximate surface area is 193 Å². The van der Waals surface area contributed by atoms with E-state index >= 15 is 0 Å². The number of hydrazone groups is 1. The number of rotatable bonds is 5. The molecule has 158 valence electrons. The van der Waals surface area contributed by atoms with Crippen molar-refractivity contribution in [3.63, 3.8) is 0 Å². The summed E-state index contributed by atoms with van der Waals surface area (Å²) in [5, 5.41) is 12.7. The highest BCUT2D eigenvalue weighted by Gasteiger charge is 2.25. The lowest BCUT2D eigenvalue weighted by Crippen LogP contribution is -2.32. The minimum atomic E-state index is -0.665. The molecule has 1 N–H and O–H groups in total. The number of nitrogens with zero attached hydrogens (tertiary/aromatic N) is 4. The van der Waals surface area contributed by atoms with Crippen molar-refractivity contribution in [3.05, 3.63) is 106 Å². The van der Waals surface area contributed by atoms with Gasteiger partial charge in [-0.15, -0.1) is 0 Å². The number of hydrogen-bond donors (Lipinski definition) is 1. The Balaban J connectivity index is 1.73. The second-order valence-electron chi connectivity index (χ2n) is 6.59. The van der Waals surface area contributed by atoms with E-state index in [4.69, 9.17) is 23.2 Å². The highest BCUT2D eigenvalue weighted by Crippen LogP contribution is 2.24. The van der Waals surface area contributed by atoms with E-state index in [0.29, 0.717) is 16.3 Å². The maximum absolute atomic E-state index is 13.2. The largest absolute Gasteiger partial charge is 0.283 e. The minimum Gasteiger partial charge on any atom is -0.277 e. The number of pyridine rings is 1. The maximum Gasteiger partial charge on any atom is 0.283 e. The van der Waals surface area contributed by atoms with Crippen LogP contribution in [0.4, 0.5) is 0 Å². The summed E-state index contributed by atoms with van der Waals surface area (Å²) in [6.45, 7) is 0. The molecule has 2 heterocycles. The SMILES string of the molecule is O=C(c1ccncc1)N(/N=C/c1cn[nH]c1-c1cccc(Cl)c1)C(=O)c1ccccc1Cl. The third kappa shape index (κ3) is 4.59. The van der Waals surface area contributed by atoms with Crippen LogP contribution in [-0.2, 0) is 0 Å². The molecule has 0 unspecified atom stereocenters. The van der Waals surface area contributed by atoms with Gasteiger partial charge in [0.2, 0.25) is 0 Å². The van der Waals surface area contributed by atoms with Gasteiger partial charge in [0.05, 0.1) is 28.7 Å². The zero-order chi connectivity index (χ0) is 22.5. The average molecular weight is 464 g/mol. The van der Waals surface area contributed by atoms with Crippen molar-refractivity contribution >= 4 is 41.2 Å². The summed E-state index contributed by atoms with van der Waals surface area (Å²) in [7, 11) is 0. The average Bonchev–Trinajstić information content (AvgIpc) is 3.28. The second kappa shape index (κ2) is 9.55. The highest BCUT2D eigenvalue weighted by molar-refractivity contribution is 6.34. The van der Waals surface area contributed by atoms with Gasteiger partial charge in [0.25, 0.3) is 11.8 Å². The first-order chi connectivity index (χ1) is 15.5. The molecular weight excluding hydrogens is 449 g/mol. The molecule has 4 aromatic rings. The predicted molar refractivity (Wildman–Crippen MR) is 123 cm³/mol. The second-order valence-corrected chi connectivity index (χ2v) is 7.44. The Morgan fingerprint density at radius 2 is 1.75 bits per heavy atom. The van der Waals surface area contributed by atoms with Crippen molar-refractivity contribution in [2.75, 3.05) is 0 Å². The molecular formula is C23H15Cl2N5O2. The van der Waals surface area contributed by atoms with Crippen LogP contribution >= 0.6 is 23.2 Å². The zero-order valence-electron chi connectivity index (χ0n) is 16.4. The lowest BCUT2D eigenvalue weighted by molar-refractivity contribution is 0.0622. The third-order valence-corrected chi connectivity index (χ3v) is 5.08. The minimum absolute atomic E-state index is 0.149. The maximum atomic E-state index is 13.2. The Kier molecular flexibility index (Phi) is 6.39. The van der Waals surface area contributed by atoms with Gasteiger partial charge in [0, 0.05) is 34.1 Å². The number of carbonyl (C=O) groups is 2. The number of nitrogens with one attached hydrogen (secondary N) is 1. The van der Waals surface area contributed by atoms with Crippen LogP contribution in [0.25, 0.3) is 11.3 Å². The van der Waals surface area contributed by atoms with Crippen molar-refractivity contribution in [1.29, 1.82) is 0 Å². The molecule has 32 heavy (non-hydrogen) atoms. The Hall–Kier alpha value is -3.81. The lowest BCUT2D eigenvalue weighted by atomic mass is 10.1. The molecule has 0 saturated heterocycles. The van der Waals surface area contributed by atoms with Crippen LogP contribution in [0, 0.1) is 0 Å². The Bertz CT molecular complexity index is 1300. The third-order valence-electron chi connectivity index (χ3n) is 4.51.